The molecule has 5 aromatic rings. The minimum absolute atomic E-state index is 0.112. The van der Waals surface area contributed by atoms with Gasteiger partial charge < -0.3 is 0 Å². The Morgan fingerprint density at radius 1 is 0.865 bits per heavy atom. The zero-order valence-electron chi connectivity index (χ0n) is 19.9. The Kier molecular flexibility index (Phi) is 6.13. The highest BCUT2D eigenvalue weighted by Crippen LogP contribution is 2.40. The molecule has 6 heteroatoms. The highest BCUT2D eigenvalue weighted by molar-refractivity contribution is 6.30. The van der Waals surface area contributed by atoms with E-state index >= 15 is 0 Å². The number of carbonyl (C=O) groups is 1. The summed E-state index contributed by atoms with van der Waals surface area (Å²) in [5, 5.41) is 16.4. The van der Waals surface area contributed by atoms with Gasteiger partial charge in [0.15, 0.2) is 0 Å². The second-order valence-electron chi connectivity index (χ2n) is 8.94. The van der Waals surface area contributed by atoms with Crippen molar-refractivity contribution in [3.8, 4) is 0 Å². The summed E-state index contributed by atoms with van der Waals surface area (Å²) in [6.07, 6.45) is 2.28. The van der Waals surface area contributed by atoms with Gasteiger partial charge in [-0.2, -0.15) is 10.2 Å². The summed E-state index contributed by atoms with van der Waals surface area (Å²) in [6, 6.07) is 35.7. The van der Waals surface area contributed by atoms with E-state index in [-0.39, 0.29) is 11.9 Å². The summed E-state index contributed by atoms with van der Waals surface area (Å²) in [5.41, 5.74) is 6.30. The first kappa shape index (κ1) is 23.0. The van der Waals surface area contributed by atoms with Gasteiger partial charge in [0.1, 0.15) is 6.34 Å². The Morgan fingerprint density at radius 3 is 2.16 bits per heavy atom. The maximum atomic E-state index is 12.5. The number of fused-ring (bicyclic) bond motifs is 2. The van der Waals surface area contributed by atoms with Gasteiger partial charge in [0.2, 0.25) is 0 Å². The lowest BCUT2D eigenvalue weighted by molar-refractivity contribution is 0.0954. The van der Waals surface area contributed by atoms with Crippen molar-refractivity contribution >= 4 is 51.1 Å². The first-order valence-corrected chi connectivity index (χ1v) is 12.5. The van der Waals surface area contributed by atoms with Gasteiger partial charge in [-0.25, -0.2) is 10.4 Å². The minimum Gasteiger partial charge on any atom is -0.267 e. The van der Waals surface area contributed by atoms with Crippen molar-refractivity contribution in [1.29, 1.82) is 0 Å². The number of hydrogen-bond donors (Lipinski definition) is 1. The van der Waals surface area contributed by atoms with E-state index in [2.05, 4.69) is 65.1 Å². The molecular weight excluding hydrogens is 480 g/mol. The van der Waals surface area contributed by atoms with Crippen molar-refractivity contribution in [3.63, 3.8) is 0 Å². The standard InChI is InChI=1S/C31H23ClN4O/c32-25-16-14-21(15-17-25)28-19-29(36(35-28)20-33-34-31(37)22-8-2-1-3-9-22)30-26-12-6-4-10-23(26)18-24-11-5-7-13-27(24)30/h1-18,20,29H,19H2,(H,34,37)/b33-20-. The Labute approximate surface area is 219 Å². The average Bonchev–Trinajstić information content (AvgIpc) is 3.36. The van der Waals surface area contributed by atoms with Gasteiger partial charge in [-0.3, -0.25) is 4.79 Å². The molecule has 1 aliphatic heterocycles. The molecule has 1 heterocycles. The van der Waals surface area contributed by atoms with E-state index in [0.29, 0.717) is 17.0 Å². The predicted octanol–water partition coefficient (Wildman–Crippen LogP) is 7.17. The van der Waals surface area contributed by atoms with Crippen LogP contribution in [0.25, 0.3) is 21.5 Å². The molecule has 0 radical (unpaired) electrons. The van der Waals surface area contributed by atoms with Crippen LogP contribution in [0.15, 0.2) is 119 Å². The van der Waals surface area contributed by atoms with Crippen molar-refractivity contribution in [1.82, 2.24) is 10.4 Å². The summed E-state index contributed by atoms with van der Waals surface area (Å²) in [5.74, 6) is -0.273. The molecule has 0 spiro atoms. The normalized spacial score (nSPS) is 15.4. The van der Waals surface area contributed by atoms with Crippen LogP contribution in [-0.4, -0.2) is 23.0 Å². The van der Waals surface area contributed by atoms with Gasteiger partial charge in [0.25, 0.3) is 5.91 Å². The zero-order valence-corrected chi connectivity index (χ0v) is 20.6. The summed E-state index contributed by atoms with van der Waals surface area (Å²) in [7, 11) is 0. The maximum absolute atomic E-state index is 12.5. The van der Waals surface area contributed by atoms with Crippen LogP contribution in [0, 0.1) is 0 Å². The van der Waals surface area contributed by atoms with E-state index in [0.717, 1.165) is 11.3 Å². The second kappa shape index (κ2) is 9.88. The van der Waals surface area contributed by atoms with Gasteiger partial charge in [-0.1, -0.05) is 90.5 Å². The summed E-state index contributed by atoms with van der Waals surface area (Å²) in [6.45, 7) is 0. The molecule has 180 valence electrons. The third-order valence-electron chi connectivity index (χ3n) is 6.64. The van der Waals surface area contributed by atoms with Crippen molar-refractivity contribution in [2.24, 2.45) is 10.2 Å². The van der Waals surface area contributed by atoms with Gasteiger partial charge in [0, 0.05) is 17.0 Å². The molecule has 0 bridgehead atoms. The van der Waals surface area contributed by atoms with Crippen LogP contribution in [-0.2, 0) is 0 Å². The Morgan fingerprint density at radius 2 is 1.49 bits per heavy atom. The molecule has 1 aliphatic rings. The number of rotatable bonds is 5. The third-order valence-corrected chi connectivity index (χ3v) is 6.90. The number of halogens is 1. The number of nitrogens with zero attached hydrogens (tertiary/aromatic N) is 3. The van der Waals surface area contributed by atoms with Gasteiger partial charge in [-0.05, 0) is 63.0 Å². The molecule has 0 aliphatic carbocycles. The highest BCUT2D eigenvalue weighted by atomic mass is 35.5. The SMILES string of the molecule is O=C(N/N=C\N1N=C(c2ccc(Cl)cc2)CC1c1c2ccccc2cc2ccccc12)c1ccccc1. The molecule has 6 rings (SSSR count). The number of hydrogen-bond acceptors (Lipinski definition) is 3. The zero-order chi connectivity index (χ0) is 25.2. The van der Waals surface area contributed by atoms with Crippen molar-refractivity contribution < 1.29 is 4.79 Å². The van der Waals surface area contributed by atoms with E-state index in [4.69, 9.17) is 16.7 Å². The fraction of sp³-hybridized carbons (Fsp3) is 0.0645. The van der Waals surface area contributed by atoms with Crippen LogP contribution in [0.5, 0.6) is 0 Å². The third kappa shape index (κ3) is 4.57. The average molecular weight is 503 g/mol. The fourth-order valence-corrected chi connectivity index (χ4v) is 5.02. The van der Waals surface area contributed by atoms with Crippen LogP contribution in [0.3, 0.4) is 0 Å². The summed E-state index contributed by atoms with van der Waals surface area (Å²) in [4.78, 5) is 12.5. The number of nitrogens with one attached hydrogen (secondary N) is 1. The Bertz CT molecular complexity index is 1610. The molecule has 0 saturated carbocycles. The van der Waals surface area contributed by atoms with Gasteiger partial charge in [0.05, 0.1) is 11.8 Å². The first-order valence-electron chi connectivity index (χ1n) is 12.1. The van der Waals surface area contributed by atoms with Crippen LogP contribution in [0.1, 0.15) is 33.9 Å². The van der Waals surface area contributed by atoms with Crippen LogP contribution in [0.4, 0.5) is 0 Å². The molecule has 0 saturated heterocycles. The first-order chi connectivity index (χ1) is 18.2. The lowest BCUT2D eigenvalue weighted by Gasteiger charge is -2.23. The predicted molar refractivity (Wildman–Crippen MR) is 151 cm³/mol. The molecule has 1 unspecified atom stereocenters. The lowest BCUT2D eigenvalue weighted by Crippen LogP contribution is -2.23. The molecule has 0 aromatic heterocycles. The maximum Gasteiger partial charge on any atom is 0.271 e. The molecule has 5 nitrogen and oxygen atoms in total. The molecule has 37 heavy (non-hydrogen) atoms. The summed E-state index contributed by atoms with van der Waals surface area (Å²) < 4.78 is 0. The van der Waals surface area contributed by atoms with Crippen molar-refractivity contribution in [3.05, 3.63) is 131 Å². The highest BCUT2D eigenvalue weighted by Gasteiger charge is 2.31. The second-order valence-corrected chi connectivity index (χ2v) is 9.37. The van der Waals surface area contributed by atoms with Crippen molar-refractivity contribution in [2.45, 2.75) is 12.5 Å². The van der Waals surface area contributed by atoms with Gasteiger partial charge >= 0.3 is 0 Å². The van der Waals surface area contributed by atoms with E-state index in [9.17, 15) is 4.79 Å². The van der Waals surface area contributed by atoms with Crippen LogP contribution in [0.2, 0.25) is 5.02 Å². The monoisotopic (exact) mass is 502 g/mol. The number of benzene rings is 5. The molecule has 1 N–H and O–H groups in total. The van der Waals surface area contributed by atoms with Gasteiger partial charge in [-0.15, -0.1) is 0 Å². The molecule has 5 aromatic carbocycles. The van der Waals surface area contributed by atoms with Crippen LogP contribution < -0.4 is 5.43 Å². The number of hydrazone groups is 2. The van der Waals surface area contributed by atoms with E-state index in [1.165, 1.54) is 27.1 Å². The number of amides is 1. The molecule has 1 atom stereocenters. The Balaban J connectivity index is 1.42. The molecule has 1 amide bonds. The number of carbonyl (C=O) groups excluding carboxylic acids is 1. The van der Waals surface area contributed by atoms with Crippen molar-refractivity contribution in [2.75, 3.05) is 0 Å². The lowest BCUT2D eigenvalue weighted by atomic mass is 9.89. The smallest absolute Gasteiger partial charge is 0.267 e. The van der Waals surface area contributed by atoms with Crippen LogP contribution >= 0.6 is 11.6 Å². The fourth-order valence-electron chi connectivity index (χ4n) is 4.89. The minimum atomic E-state index is -0.273. The largest absolute Gasteiger partial charge is 0.271 e. The quantitative estimate of drug-likeness (QED) is 0.120. The van der Waals surface area contributed by atoms with E-state index in [1.54, 1.807) is 18.5 Å². The van der Waals surface area contributed by atoms with E-state index in [1.807, 2.05) is 47.5 Å². The molecule has 0 fully saturated rings. The molecular formula is C31H23ClN4O. The Hall–Kier alpha value is -4.48. The summed E-state index contributed by atoms with van der Waals surface area (Å²) >= 11 is 6.14. The topological polar surface area (TPSA) is 57.1 Å². The van der Waals surface area contributed by atoms with E-state index < -0.39 is 0 Å².